The molecule has 2 atom stereocenters. The summed E-state index contributed by atoms with van der Waals surface area (Å²) in [6.07, 6.45) is 0.0432. The van der Waals surface area contributed by atoms with Crippen LogP contribution in [0.3, 0.4) is 0 Å². The van der Waals surface area contributed by atoms with Gasteiger partial charge in [0.05, 0.1) is 0 Å². The summed E-state index contributed by atoms with van der Waals surface area (Å²) >= 11 is 4.46. The van der Waals surface area contributed by atoms with Crippen LogP contribution in [0.5, 0.6) is 0 Å². The highest BCUT2D eigenvalue weighted by Crippen LogP contribution is 2.17. The van der Waals surface area contributed by atoms with Gasteiger partial charge in [-0.2, -0.15) is 5.10 Å². The van der Waals surface area contributed by atoms with Gasteiger partial charge in [0.1, 0.15) is 11.6 Å². The predicted octanol–water partition coefficient (Wildman–Crippen LogP) is 2.22. The number of aliphatic carboxylic acids is 1. The van der Waals surface area contributed by atoms with Gasteiger partial charge in [0.2, 0.25) is 0 Å². The number of rotatable bonds is 7. The Balaban J connectivity index is 1.91. The Labute approximate surface area is 164 Å². The molecule has 0 spiro atoms. The third-order valence-corrected chi connectivity index (χ3v) is 4.16. The number of hydrogen-bond donors (Lipinski definition) is 4. The van der Waals surface area contributed by atoms with Gasteiger partial charge in [0.25, 0.3) is 0 Å². The fourth-order valence-corrected chi connectivity index (χ4v) is 2.87. The number of hydrogen-bond acceptors (Lipinski definition) is 7. The van der Waals surface area contributed by atoms with Crippen LogP contribution in [0.4, 0.5) is 4.79 Å². The van der Waals surface area contributed by atoms with Gasteiger partial charge in [-0.05, 0) is 33.6 Å². The standard InChI is InChI=1S/C18H26N4O4S/c1-18(2,3)26-17(25)19-13(15(23)24)10-7-11-22-14(20-21-16(22)27)12-8-5-4-6-9-12/h4-6,8-9,13,16,21,27H,7,10-11H2,1-3H3,(H,19,25)(H,23,24). The summed E-state index contributed by atoms with van der Waals surface area (Å²) in [6.45, 7) is 5.70. The highest BCUT2D eigenvalue weighted by atomic mass is 32.1. The molecule has 3 N–H and O–H groups in total. The molecule has 0 bridgehead atoms. The highest BCUT2D eigenvalue weighted by Gasteiger charge is 2.27. The van der Waals surface area contributed by atoms with E-state index in [1.165, 1.54) is 0 Å². The summed E-state index contributed by atoms with van der Waals surface area (Å²) in [5, 5.41) is 16.1. The van der Waals surface area contributed by atoms with E-state index in [9.17, 15) is 14.7 Å². The first-order valence-electron chi connectivity index (χ1n) is 8.73. The fraction of sp³-hybridized carbons (Fsp3) is 0.500. The van der Waals surface area contributed by atoms with Crippen molar-refractivity contribution >= 4 is 30.5 Å². The summed E-state index contributed by atoms with van der Waals surface area (Å²) in [5.74, 6) is -0.345. The van der Waals surface area contributed by atoms with Gasteiger partial charge >= 0.3 is 12.1 Å². The molecule has 1 aromatic rings. The van der Waals surface area contributed by atoms with E-state index < -0.39 is 23.7 Å². The van der Waals surface area contributed by atoms with Crippen LogP contribution in [-0.2, 0) is 9.53 Å². The smallest absolute Gasteiger partial charge is 0.408 e. The zero-order valence-corrected chi connectivity index (χ0v) is 16.6. The monoisotopic (exact) mass is 394 g/mol. The number of amides is 1. The number of nitrogens with zero attached hydrogens (tertiary/aromatic N) is 2. The number of alkyl carbamates (subject to hydrolysis) is 1. The Bertz CT molecular complexity index is 690. The molecule has 27 heavy (non-hydrogen) atoms. The number of thiol groups is 1. The van der Waals surface area contributed by atoms with Crippen molar-refractivity contribution in [3.8, 4) is 0 Å². The molecule has 1 aliphatic rings. The van der Waals surface area contributed by atoms with E-state index in [0.29, 0.717) is 13.0 Å². The second-order valence-corrected chi connectivity index (χ2v) is 7.67. The van der Waals surface area contributed by atoms with Crippen molar-refractivity contribution in [2.24, 2.45) is 5.10 Å². The lowest BCUT2D eigenvalue weighted by atomic mass is 10.1. The molecule has 0 aliphatic carbocycles. The summed E-state index contributed by atoms with van der Waals surface area (Å²) in [6, 6.07) is 8.65. The number of nitrogens with one attached hydrogen (secondary N) is 2. The second-order valence-electron chi connectivity index (χ2n) is 7.18. The number of carboxylic acid groups (broad SMARTS) is 1. The maximum absolute atomic E-state index is 11.8. The number of carbonyl (C=O) groups is 2. The van der Waals surface area contributed by atoms with Crippen LogP contribution in [0.2, 0.25) is 0 Å². The minimum Gasteiger partial charge on any atom is -0.480 e. The number of hydrazone groups is 1. The normalized spacial score (nSPS) is 17.7. The number of amidine groups is 1. The first-order chi connectivity index (χ1) is 12.7. The summed E-state index contributed by atoms with van der Waals surface area (Å²) < 4.78 is 5.12. The van der Waals surface area contributed by atoms with Gasteiger partial charge in [-0.15, -0.1) is 12.6 Å². The molecule has 1 aromatic carbocycles. The van der Waals surface area contributed by atoms with Gasteiger partial charge in [-0.1, -0.05) is 30.3 Å². The molecular formula is C18H26N4O4S. The Hall–Kier alpha value is -2.42. The van der Waals surface area contributed by atoms with Crippen LogP contribution < -0.4 is 10.7 Å². The zero-order chi connectivity index (χ0) is 20.0. The van der Waals surface area contributed by atoms with Crippen molar-refractivity contribution in [3.63, 3.8) is 0 Å². The van der Waals surface area contributed by atoms with Gasteiger partial charge in [0, 0.05) is 12.1 Å². The Kier molecular flexibility index (Phi) is 6.95. The third-order valence-electron chi connectivity index (χ3n) is 3.77. The van der Waals surface area contributed by atoms with E-state index in [-0.39, 0.29) is 11.9 Å². The predicted molar refractivity (Wildman–Crippen MR) is 106 cm³/mol. The lowest BCUT2D eigenvalue weighted by molar-refractivity contribution is -0.139. The molecule has 148 valence electrons. The first-order valence-corrected chi connectivity index (χ1v) is 9.24. The average Bonchev–Trinajstić information content (AvgIpc) is 2.94. The lowest BCUT2D eigenvalue weighted by Crippen LogP contribution is -2.44. The number of benzene rings is 1. The molecule has 1 heterocycles. The zero-order valence-electron chi connectivity index (χ0n) is 15.7. The lowest BCUT2D eigenvalue weighted by Gasteiger charge is -2.25. The van der Waals surface area contributed by atoms with Crippen molar-refractivity contribution in [2.75, 3.05) is 6.54 Å². The van der Waals surface area contributed by atoms with E-state index >= 15 is 0 Å². The maximum atomic E-state index is 11.8. The summed E-state index contributed by atoms with van der Waals surface area (Å²) in [7, 11) is 0. The van der Waals surface area contributed by atoms with Gasteiger partial charge in [-0.3, -0.25) is 5.43 Å². The van der Waals surface area contributed by atoms with Crippen molar-refractivity contribution in [3.05, 3.63) is 35.9 Å². The SMILES string of the molecule is CC(C)(C)OC(=O)NC(CCCN1C(c2ccccc2)=NNC1S)C(=O)O. The molecule has 9 heteroatoms. The summed E-state index contributed by atoms with van der Waals surface area (Å²) in [5.41, 5.74) is 2.88. The van der Waals surface area contributed by atoms with Crippen LogP contribution >= 0.6 is 12.6 Å². The molecule has 2 unspecified atom stereocenters. The molecule has 0 saturated carbocycles. The Morgan fingerprint density at radius 2 is 2.04 bits per heavy atom. The van der Waals surface area contributed by atoms with Gasteiger partial charge in [-0.25, -0.2) is 9.59 Å². The van der Waals surface area contributed by atoms with Crippen molar-refractivity contribution in [2.45, 2.75) is 50.8 Å². The minimum absolute atomic E-state index is 0.258. The Morgan fingerprint density at radius 3 is 2.63 bits per heavy atom. The van der Waals surface area contributed by atoms with E-state index in [1.54, 1.807) is 20.8 Å². The minimum atomic E-state index is -1.10. The van der Waals surface area contributed by atoms with Crippen LogP contribution in [0.15, 0.2) is 35.4 Å². The van der Waals surface area contributed by atoms with Crippen molar-refractivity contribution < 1.29 is 19.4 Å². The third kappa shape index (κ3) is 6.35. The molecule has 0 fully saturated rings. The van der Waals surface area contributed by atoms with E-state index in [2.05, 4.69) is 28.5 Å². The maximum Gasteiger partial charge on any atom is 0.408 e. The fourth-order valence-electron chi connectivity index (χ4n) is 2.59. The number of carboxylic acids is 1. The molecule has 0 saturated heterocycles. The molecule has 0 aromatic heterocycles. The molecule has 0 radical (unpaired) electrons. The van der Waals surface area contributed by atoms with Crippen molar-refractivity contribution in [1.82, 2.24) is 15.6 Å². The van der Waals surface area contributed by atoms with Crippen molar-refractivity contribution in [1.29, 1.82) is 0 Å². The largest absolute Gasteiger partial charge is 0.480 e. The van der Waals surface area contributed by atoms with Gasteiger partial charge < -0.3 is 20.1 Å². The average molecular weight is 394 g/mol. The Morgan fingerprint density at radius 1 is 1.37 bits per heavy atom. The van der Waals surface area contributed by atoms with Crippen LogP contribution in [0.1, 0.15) is 39.2 Å². The topological polar surface area (TPSA) is 103 Å². The summed E-state index contributed by atoms with van der Waals surface area (Å²) in [4.78, 5) is 25.2. The quantitative estimate of drug-likeness (QED) is 0.529. The molecule has 2 rings (SSSR count). The van der Waals surface area contributed by atoms with E-state index in [4.69, 9.17) is 4.74 Å². The molecular weight excluding hydrogens is 368 g/mol. The van der Waals surface area contributed by atoms with Gasteiger partial charge in [0.15, 0.2) is 11.3 Å². The van der Waals surface area contributed by atoms with Crippen LogP contribution in [0, 0.1) is 0 Å². The first kappa shape index (κ1) is 20.9. The van der Waals surface area contributed by atoms with E-state index in [0.717, 1.165) is 11.4 Å². The van der Waals surface area contributed by atoms with Crippen LogP contribution in [-0.4, -0.2) is 51.6 Å². The second kappa shape index (κ2) is 8.98. The van der Waals surface area contributed by atoms with E-state index in [1.807, 2.05) is 35.2 Å². The number of ether oxygens (including phenoxy) is 1. The molecule has 8 nitrogen and oxygen atoms in total. The highest BCUT2D eigenvalue weighted by molar-refractivity contribution is 7.80. The molecule has 1 amide bonds. The van der Waals surface area contributed by atoms with Crippen LogP contribution in [0.25, 0.3) is 0 Å². The number of carbonyl (C=O) groups excluding carboxylic acids is 1. The molecule has 1 aliphatic heterocycles.